The van der Waals surface area contributed by atoms with Crippen molar-refractivity contribution >= 4 is 5.97 Å². The zero-order valence-corrected chi connectivity index (χ0v) is 11.8. The molecule has 0 spiro atoms. The number of aliphatic carboxylic acids is 1. The molecule has 108 valence electrons. The van der Waals surface area contributed by atoms with Gasteiger partial charge in [0.25, 0.3) is 0 Å². The molecule has 1 heterocycles. The van der Waals surface area contributed by atoms with E-state index in [1.807, 2.05) is 48.5 Å². The largest absolute Gasteiger partial charge is 0.481 e. The van der Waals surface area contributed by atoms with E-state index in [-0.39, 0.29) is 17.9 Å². The van der Waals surface area contributed by atoms with Crippen LogP contribution in [0.2, 0.25) is 0 Å². The highest BCUT2D eigenvalue weighted by molar-refractivity contribution is 5.72. The summed E-state index contributed by atoms with van der Waals surface area (Å²) in [6, 6.07) is 20.5. The van der Waals surface area contributed by atoms with Crippen LogP contribution in [0.5, 0.6) is 0 Å². The van der Waals surface area contributed by atoms with E-state index >= 15 is 0 Å². The number of benzene rings is 2. The maximum absolute atomic E-state index is 11.5. The normalized spacial score (nSPS) is 25.4. The molecule has 0 unspecified atom stereocenters. The molecule has 1 saturated heterocycles. The first-order valence-electron chi connectivity index (χ1n) is 7.32. The first kappa shape index (κ1) is 13.8. The minimum Gasteiger partial charge on any atom is -0.481 e. The second kappa shape index (κ2) is 6.10. The van der Waals surface area contributed by atoms with Gasteiger partial charge < -0.3 is 10.4 Å². The Morgan fingerprint density at radius 2 is 1.52 bits per heavy atom. The number of hydrogen-bond acceptors (Lipinski definition) is 2. The van der Waals surface area contributed by atoms with Gasteiger partial charge in [0, 0.05) is 18.5 Å². The van der Waals surface area contributed by atoms with Gasteiger partial charge in [-0.25, -0.2) is 0 Å². The molecule has 2 aromatic rings. The summed E-state index contributed by atoms with van der Waals surface area (Å²) in [6.07, 6.45) is 0.811. The van der Waals surface area contributed by atoms with E-state index in [9.17, 15) is 9.90 Å². The number of piperidine rings is 1. The lowest BCUT2D eigenvalue weighted by Gasteiger charge is -2.35. The predicted molar refractivity (Wildman–Crippen MR) is 82.1 cm³/mol. The van der Waals surface area contributed by atoms with Crippen LogP contribution < -0.4 is 5.32 Å². The van der Waals surface area contributed by atoms with Crippen LogP contribution >= 0.6 is 0 Å². The first-order chi connectivity index (χ1) is 10.3. The summed E-state index contributed by atoms with van der Waals surface area (Å²) in [5, 5.41) is 12.9. The van der Waals surface area contributed by atoms with Gasteiger partial charge in [-0.15, -0.1) is 0 Å². The molecule has 1 fully saturated rings. The molecule has 1 aliphatic heterocycles. The summed E-state index contributed by atoms with van der Waals surface area (Å²) in [5.74, 6) is -1.04. The van der Waals surface area contributed by atoms with Gasteiger partial charge in [-0.1, -0.05) is 60.7 Å². The first-order valence-corrected chi connectivity index (χ1v) is 7.32. The van der Waals surface area contributed by atoms with Crippen LogP contribution in [0, 0.1) is 5.92 Å². The molecular weight excluding hydrogens is 262 g/mol. The van der Waals surface area contributed by atoms with Crippen molar-refractivity contribution in [1.82, 2.24) is 5.32 Å². The average Bonchev–Trinajstić information content (AvgIpc) is 2.56. The highest BCUT2D eigenvalue weighted by Crippen LogP contribution is 2.37. The second-order valence-electron chi connectivity index (χ2n) is 5.57. The van der Waals surface area contributed by atoms with Crippen LogP contribution in [-0.2, 0) is 4.79 Å². The molecule has 3 heteroatoms. The molecule has 0 amide bonds. The van der Waals surface area contributed by atoms with E-state index in [2.05, 4.69) is 17.4 Å². The highest BCUT2D eigenvalue weighted by atomic mass is 16.4. The fraction of sp³-hybridized carbons (Fsp3) is 0.278. The molecule has 0 aromatic heterocycles. The molecule has 0 aliphatic carbocycles. The fourth-order valence-corrected chi connectivity index (χ4v) is 3.18. The van der Waals surface area contributed by atoms with Gasteiger partial charge >= 0.3 is 5.97 Å². The maximum Gasteiger partial charge on any atom is 0.308 e. The Hall–Kier alpha value is -2.13. The second-order valence-corrected chi connectivity index (χ2v) is 5.57. The van der Waals surface area contributed by atoms with Gasteiger partial charge in [0.15, 0.2) is 0 Å². The number of carboxylic acids is 1. The zero-order valence-electron chi connectivity index (χ0n) is 11.8. The van der Waals surface area contributed by atoms with Crippen molar-refractivity contribution in [3.05, 3.63) is 71.8 Å². The molecule has 3 rings (SSSR count). The number of carboxylic acid groups (broad SMARTS) is 1. The van der Waals surface area contributed by atoms with Crippen LogP contribution in [0.15, 0.2) is 60.7 Å². The molecule has 1 aliphatic rings. The van der Waals surface area contributed by atoms with Gasteiger partial charge in [0.05, 0.1) is 5.92 Å². The van der Waals surface area contributed by atoms with Gasteiger partial charge in [-0.2, -0.15) is 0 Å². The van der Waals surface area contributed by atoms with Crippen molar-refractivity contribution in [3.63, 3.8) is 0 Å². The standard InChI is InChI=1S/C18H19NO2/c20-18(21)16-12-19-17(14-9-5-2-6-10-14)11-15(16)13-7-3-1-4-8-13/h1-10,15-17,19H,11-12H2,(H,20,21)/t15-,16+,17-/m0/s1. The maximum atomic E-state index is 11.5. The number of rotatable bonds is 3. The third-order valence-electron chi connectivity index (χ3n) is 4.31. The Morgan fingerprint density at radius 1 is 0.952 bits per heavy atom. The molecular formula is C18H19NO2. The van der Waals surface area contributed by atoms with Crippen LogP contribution in [-0.4, -0.2) is 17.6 Å². The average molecular weight is 281 g/mol. The number of hydrogen-bond donors (Lipinski definition) is 2. The van der Waals surface area contributed by atoms with E-state index < -0.39 is 5.97 Å². The quantitative estimate of drug-likeness (QED) is 0.908. The molecule has 2 aromatic carbocycles. The van der Waals surface area contributed by atoms with Gasteiger partial charge in [-0.3, -0.25) is 4.79 Å². The number of carbonyl (C=O) groups is 1. The summed E-state index contributed by atoms with van der Waals surface area (Å²) < 4.78 is 0. The smallest absolute Gasteiger partial charge is 0.308 e. The Labute approximate surface area is 124 Å². The van der Waals surface area contributed by atoms with E-state index in [4.69, 9.17) is 0 Å². The van der Waals surface area contributed by atoms with Crippen LogP contribution in [0.3, 0.4) is 0 Å². The lowest BCUT2D eigenvalue weighted by atomic mass is 9.77. The van der Waals surface area contributed by atoms with Crippen LogP contribution in [0.1, 0.15) is 29.5 Å². The minimum atomic E-state index is -0.720. The molecule has 21 heavy (non-hydrogen) atoms. The zero-order chi connectivity index (χ0) is 14.7. The van der Waals surface area contributed by atoms with Gasteiger partial charge in [0.2, 0.25) is 0 Å². The Kier molecular flexibility index (Phi) is 4.02. The van der Waals surface area contributed by atoms with E-state index in [0.717, 1.165) is 12.0 Å². The molecule has 2 N–H and O–H groups in total. The Bertz CT molecular complexity index is 597. The number of nitrogens with one attached hydrogen (secondary N) is 1. The summed E-state index contributed by atoms with van der Waals surface area (Å²) in [4.78, 5) is 11.5. The monoisotopic (exact) mass is 281 g/mol. The summed E-state index contributed by atoms with van der Waals surface area (Å²) >= 11 is 0. The third kappa shape index (κ3) is 2.98. The van der Waals surface area contributed by atoms with E-state index in [1.165, 1.54) is 5.56 Å². The van der Waals surface area contributed by atoms with Crippen molar-refractivity contribution < 1.29 is 9.90 Å². The van der Waals surface area contributed by atoms with Crippen LogP contribution in [0.25, 0.3) is 0 Å². The van der Waals surface area contributed by atoms with Crippen molar-refractivity contribution in [2.45, 2.75) is 18.4 Å². The van der Waals surface area contributed by atoms with E-state index in [1.54, 1.807) is 0 Å². The molecule has 0 radical (unpaired) electrons. The molecule has 3 atom stereocenters. The van der Waals surface area contributed by atoms with Crippen molar-refractivity contribution in [3.8, 4) is 0 Å². The highest BCUT2D eigenvalue weighted by Gasteiger charge is 2.36. The van der Waals surface area contributed by atoms with Crippen LogP contribution in [0.4, 0.5) is 0 Å². The molecule has 0 bridgehead atoms. The molecule has 0 saturated carbocycles. The topological polar surface area (TPSA) is 49.3 Å². The van der Waals surface area contributed by atoms with Gasteiger partial charge in [-0.05, 0) is 17.5 Å². The predicted octanol–water partition coefficient (Wildman–Crippen LogP) is 3.21. The lowest BCUT2D eigenvalue weighted by Crippen LogP contribution is -2.41. The Balaban J connectivity index is 1.87. The van der Waals surface area contributed by atoms with Crippen molar-refractivity contribution in [2.75, 3.05) is 6.54 Å². The van der Waals surface area contributed by atoms with Gasteiger partial charge in [0.1, 0.15) is 0 Å². The third-order valence-corrected chi connectivity index (χ3v) is 4.31. The van der Waals surface area contributed by atoms with Crippen molar-refractivity contribution in [1.29, 1.82) is 0 Å². The lowest BCUT2D eigenvalue weighted by molar-refractivity contribution is -0.143. The SMILES string of the molecule is O=C(O)[C@@H]1CN[C@H](c2ccccc2)C[C@H]1c1ccccc1. The summed E-state index contributed by atoms with van der Waals surface area (Å²) in [6.45, 7) is 0.508. The fourth-order valence-electron chi connectivity index (χ4n) is 3.18. The summed E-state index contributed by atoms with van der Waals surface area (Å²) in [5.41, 5.74) is 2.34. The van der Waals surface area contributed by atoms with Crippen molar-refractivity contribution in [2.24, 2.45) is 5.92 Å². The Morgan fingerprint density at radius 3 is 2.10 bits per heavy atom. The van der Waals surface area contributed by atoms with E-state index in [0.29, 0.717) is 6.54 Å². The minimum absolute atomic E-state index is 0.0511. The molecule has 3 nitrogen and oxygen atoms in total. The summed E-state index contributed by atoms with van der Waals surface area (Å²) in [7, 11) is 0.